The lowest BCUT2D eigenvalue weighted by atomic mass is 10.1. The second kappa shape index (κ2) is 6.52. The van der Waals surface area contributed by atoms with Crippen LogP contribution in [0.2, 0.25) is 5.02 Å². The van der Waals surface area contributed by atoms with Gasteiger partial charge in [0.1, 0.15) is 11.6 Å². The fraction of sp³-hybridized carbons (Fsp3) is 0.0714. The van der Waals surface area contributed by atoms with E-state index in [9.17, 15) is 35.9 Å². The van der Waals surface area contributed by atoms with Gasteiger partial charge in [0.05, 0.1) is 21.2 Å². The highest BCUT2D eigenvalue weighted by molar-refractivity contribution is 7.92. The molecule has 2 N–H and O–H groups in total. The molecule has 0 saturated carbocycles. The van der Waals surface area contributed by atoms with Crippen LogP contribution in [0.4, 0.5) is 23.2 Å². The summed E-state index contributed by atoms with van der Waals surface area (Å²) < 4.78 is 73.2. The fourth-order valence-corrected chi connectivity index (χ4v) is 2.86. The minimum atomic E-state index is -5.60. The first kappa shape index (κ1) is 19.0. The molecule has 0 aliphatic heterocycles. The van der Waals surface area contributed by atoms with E-state index in [1.807, 2.05) is 0 Å². The molecule has 0 heterocycles. The maximum absolute atomic E-state index is 13.1. The maximum Gasteiger partial charge on any atom is 0.501 e. The van der Waals surface area contributed by atoms with Crippen LogP contribution < -0.4 is 5.32 Å². The zero-order valence-electron chi connectivity index (χ0n) is 11.9. The molecule has 1 amide bonds. The Labute approximate surface area is 143 Å². The van der Waals surface area contributed by atoms with Crippen LogP contribution in [0.1, 0.15) is 10.4 Å². The maximum atomic E-state index is 13.1. The molecule has 11 heteroatoms. The second-order valence-electron chi connectivity index (χ2n) is 4.71. The summed E-state index contributed by atoms with van der Waals surface area (Å²) in [7, 11) is -5.60. The van der Waals surface area contributed by atoms with Crippen molar-refractivity contribution in [3.8, 4) is 5.75 Å². The number of carbonyl (C=O) groups excluding carboxylic acids is 1. The lowest BCUT2D eigenvalue weighted by Gasteiger charge is -2.12. The van der Waals surface area contributed by atoms with Crippen molar-refractivity contribution in [1.29, 1.82) is 0 Å². The van der Waals surface area contributed by atoms with Gasteiger partial charge >= 0.3 is 5.51 Å². The van der Waals surface area contributed by atoms with Crippen molar-refractivity contribution < 1.29 is 35.9 Å². The van der Waals surface area contributed by atoms with Crippen LogP contribution in [-0.2, 0) is 9.84 Å². The largest absolute Gasteiger partial charge is 0.507 e. The Kier molecular flexibility index (Phi) is 4.96. The number of aromatic hydroxyl groups is 1. The molecule has 134 valence electrons. The third kappa shape index (κ3) is 3.85. The fourth-order valence-electron chi connectivity index (χ4n) is 1.78. The number of sulfone groups is 1. The first-order chi connectivity index (χ1) is 11.4. The van der Waals surface area contributed by atoms with E-state index < -0.39 is 48.3 Å². The Morgan fingerprint density at radius 3 is 2.32 bits per heavy atom. The van der Waals surface area contributed by atoms with Crippen molar-refractivity contribution >= 4 is 33.0 Å². The molecule has 2 aromatic rings. The Hall–Kier alpha value is -2.33. The lowest BCUT2D eigenvalue weighted by molar-refractivity contribution is -0.0436. The van der Waals surface area contributed by atoms with E-state index >= 15 is 0 Å². The minimum absolute atomic E-state index is 0.226. The number of hydrogen-bond donors (Lipinski definition) is 2. The molecule has 0 radical (unpaired) electrons. The molecule has 2 rings (SSSR count). The number of hydrogen-bond acceptors (Lipinski definition) is 4. The summed E-state index contributed by atoms with van der Waals surface area (Å²) >= 11 is 5.71. The third-order valence-corrected chi connectivity index (χ3v) is 4.80. The first-order valence-corrected chi connectivity index (χ1v) is 8.20. The van der Waals surface area contributed by atoms with Crippen LogP contribution in [-0.4, -0.2) is 24.9 Å². The van der Waals surface area contributed by atoms with Crippen LogP contribution in [0.25, 0.3) is 0 Å². The van der Waals surface area contributed by atoms with Crippen molar-refractivity contribution in [2.24, 2.45) is 0 Å². The number of phenols is 1. The van der Waals surface area contributed by atoms with Gasteiger partial charge in [-0.2, -0.15) is 13.2 Å². The topological polar surface area (TPSA) is 83.5 Å². The summed E-state index contributed by atoms with van der Waals surface area (Å²) in [5.74, 6) is -2.34. The molecular weight excluding hydrogens is 390 g/mol. The van der Waals surface area contributed by atoms with Crippen LogP contribution >= 0.6 is 11.6 Å². The van der Waals surface area contributed by atoms with E-state index in [0.717, 1.165) is 24.3 Å². The summed E-state index contributed by atoms with van der Waals surface area (Å²) in [6.45, 7) is 0. The number of benzene rings is 2. The molecular formula is C14H8ClF4NO4S. The second-order valence-corrected chi connectivity index (χ2v) is 7.05. The minimum Gasteiger partial charge on any atom is -0.507 e. The van der Waals surface area contributed by atoms with Crippen molar-refractivity contribution in [2.45, 2.75) is 10.4 Å². The third-order valence-electron chi connectivity index (χ3n) is 3.01. The van der Waals surface area contributed by atoms with E-state index in [-0.39, 0.29) is 5.69 Å². The van der Waals surface area contributed by atoms with Gasteiger partial charge in [-0.3, -0.25) is 4.79 Å². The summed E-state index contributed by atoms with van der Waals surface area (Å²) in [6.07, 6.45) is 0. The predicted molar refractivity (Wildman–Crippen MR) is 80.7 cm³/mol. The number of amides is 1. The number of nitrogens with one attached hydrogen (secondary N) is 1. The quantitative estimate of drug-likeness (QED) is 0.773. The average molecular weight is 398 g/mol. The monoisotopic (exact) mass is 397 g/mol. The summed E-state index contributed by atoms with van der Waals surface area (Å²) in [6, 6.07) is 4.55. The summed E-state index contributed by atoms with van der Waals surface area (Å²) in [5.41, 5.74) is -6.17. The highest BCUT2D eigenvalue weighted by Gasteiger charge is 2.47. The van der Waals surface area contributed by atoms with Gasteiger partial charge in [-0.15, -0.1) is 0 Å². The van der Waals surface area contributed by atoms with Gasteiger partial charge in [0.15, 0.2) is 0 Å². The van der Waals surface area contributed by atoms with Crippen molar-refractivity contribution in [2.75, 3.05) is 5.32 Å². The number of anilines is 1. The van der Waals surface area contributed by atoms with Gasteiger partial charge in [-0.05, 0) is 36.4 Å². The van der Waals surface area contributed by atoms with Gasteiger partial charge in [-0.1, -0.05) is 11.6 Å². The number of phenolic OH excluding ortho intramolecular Hbond substituents is 1. The van der Waals surface area contributed by atoms with Crippen LogP contribution in [0.15, 0.2) is 41.3 Å². The number of alkyl halides is 3. The molecule has 0 spiro atoms. The van der Waals surface area contributed by atoms with E-state index in [2.05, 4.69) is 5.32 Å². The summed E-state index contributed by atoms with van der Waals surface area (Å²) in [4.78, 5) is 10.9. The van der Waals surface area contributed by atoms with Crippen LogP contribution in [0.3, 0.4) is 0 Å². The summed E-state index contributed by atoms with van der Waals surface area (Å²) in [5, 5.41) is 11.2. The Morgan fingerprint density at radius 2 is 1.76 bits per heavy atom. The number of carbonyl (C=O) groups is 1. The first-order valence-electron chi connectivity index (χ1n) is 6.34. The Balaban J connectivity index is 2.34. The van der Waals surface area contributed by atoms with Crippen molar-refractivity contribution in [1.82, 2.24) is 0 Å². The molecule has 0 unspecified atom stereocenters. The average Bonchev–Trinajstić information content (AvgIpc) is 2.50. The van der Waals surface area contributed by atoms with E-state index in [4.69, 9.17) is 11.6 Å². The molecule has 0 fully saturated rings. The molecule has 0 bridgehead atoms. The van der Waals surface area contributed by atoms with Gasteiger partial charge in [0.25, 0.3) is 15.7 Å². The highest BCUT2D eigenvalue weighted by Crippen LogP contribution is 2.34. The molecule has 0 saturated heterocycles. The van der Waals surface area contributed by atoms with Gasteiger partial charge in [0, 0.05) is 0 Å². The molecule has 2 aromatic carbocycles. The van der Waals surface area contributed by atoms with Crippen LogP contribution in [0.5, 0.6) is 5.75 Å². The standard InChI is InChI=1S/C14H8ClF4NO4S/c15-10-6-8(25(23,24)14(17,18)19)2-3-11(10)20-13(22)9-5-7(16)1-4-12(9)21/h1-6,21H,(H,20,22). The number of halogens is 5. The van der Waals surface area contributed by atoms with Crippen molar-refractivity contribution in [3.05, 3.63) is 52.8 Å². The van der Waals surface area contributed by atoms with Crippen molar-refractivity contribution in [3.63, 3.8) is 0 Å². The Morgan fingerprint density at radius 1 is 1.12 bits per heavy atom. The number of rotatable bonds is 3. The lowest BCUT2D eigenvalue weighted by Crippen LogP contribution is -2.23. The van der Waals surface area contributed by atoms with Gasteiger partial charge in [0.2, 0.25) is 0 Å². The Bertz CT molecular complexity index is 944. The van der Waals surface area contributed by atoms with E-state index in [0.29, 0.717) is 12.1 Å². The molecule has 5 nitrogen and oxygen atoms in total. The molecule has 0 atom stereocenters. The zero-order chi connectivity index (χ0) is 19.0. The normalized spacial score (nSPS) is 12.0. The van der Waals surface area contributed by atoms with Crippen LogP contribution in [0, 0.1) is 5.82 Å². The zero-order valence-corrected chi connectivity index (χ0v) is 13.5. The molecule has 25 heavy (non-hydrogen) atoms. The highest BCUT2D eigenvalue weighted by atomic mass is 35.5. The van der Waals surface area contributed by atoms with E-state index in [1.165, 1.54) is 0 Å². The molecule has 0 aliphatic rings. The van der Waals surface area contributed by atoms with E-state index in [1.54, 1.807) is 0 Å². The van der Waals surface area contributed by atoms with Gasteiger partial charge < -0.3 is 10.4 Å². The molecule has 0 aromatic heterocycles. The smallest absolute Gasteiger partial charge is 0.501 e. The van der Waals surface area contributed by atoms with Gasteiger partial charge in [-0.25, -0.2) is 12.8 Å². The SMILES string of the molecule is O=C(Nc1ccc(S(=O)(=O)C(F)(F)F)cc1Cl)c1cc(F)ccc1O. The predicted octanol–water partition coefficient (Wildman–Crippen LogP) is 3.73. The molecule has 0 aliphatic carbocycles.